The zero-order valence-electron chi connectivity index (χ0n) is 13.6. The molecule has 1 N–H and O–H groups in total. The Morgan fingerprint density at radius 1 is 1.28 bits per heavy atom. The molecular weight excluding hydrogens is 402 g/mol. The van der Waals surface area contributed by atoms with Crippen molar-refractivity contribution in [3.05, 3.63) is 46.2 Å². The number of aliphatic carboxylic acids is 1. The number of aromatic nitrogens is 3. The van der Waals surface area contributed by atoms with Crippen molar-refractivity contribution in [2.24, 2.45) is 0 Å². The summed E-state index contributed by atoms with van der Waals surface area (Å²) in [7, 11) is 0. The van der Waals surface area contributed by atoms with E-state index in [2.05, 4.69) is 63.4 Å². The van der Waals surface area contributed by atoms with Gasteiger partial charge in [-0.1, -0.05) is 35.5 Å². The number of thioether (sulfide) groups is 1. The number of hydrogen-bond acceptors (Lipinski definition) is 4. The summed E-state index contributed by atoms with van der Waals surface area (Å²) in [5.74, 6) is -0.271. The van der Waals surface area contributed by atoms with Crippen LogP contribution in [-0.4, -0.2) is 31.6 Å². The first-order valence-electron chi connectivity index (χ1n) is 8.03. The monoisotopic (exact) mass is 417 g/mol. The zero-order chi connectivity index (χ0) is 17.6. The van der Waals surface area contributed by atoms with Crippen LogP contribution in [0.15, 0.2) is 40.2 Å². The second kappa shape index (κ2) is 6.46. The van der Waals surface area contributed by atoms with Gasteiger partial charge >= 0.3 is 5.97 Å². The first kappa shape index (κ1) is 16.6. The maximum atomic E-state index is 10.9. The first-order valence-corrected chi connectivity index (χ1v) is 9.81. The Morgan fingerprint density at radius 3 is 2.80 bits per heavy atom. The third-order valence-corrected chi connectivity index (χ3v) is 5.79. The van der Waals surface area contributed by atoms with Crippen LogP contribution < -0.4 is 0 Å². The minimum Gasteiger partial charge on any atom is -0.481 e. The molecule has 1 fully saturated rings. The van der Waals surface area contributed by atoms with E-state index in [-0.39, 0.29) is 5.75 Å². The molecule has 0 aliphatic heterocycles. The minimum atomic E-state index is -0.875. The van der Waals surface area contributed by atoms with E-state index in [0.29, 0.717) is 15.8 Å². The highest BCUT2D eigenvalue weighted by atomic mass is 79.9. The smallest absolute Gasteiger partial charge is 0.313 e. The van der Waals surface area contributed by atoms with Gasteiger partial charge in [-0.05, 0) is 64.7 Å². The highest BCUT2D eigenvalue weighted by molar-refractivity contribution is 9.10. The lowest BCUT2D eigenvalue weighted by molar-refractivity contribution is -0.133. The lowest BCUT2D eigenvalue weighted by Gasteiger charge is -2.14. The number of carboxylic acid groups (broad SMARTS) is 1. The maximum Gasteiger partial charge on any atom is 0.313 e. The van der Waals surface area contributed by atoms with Crippen LogP contribution in [0.25, 0.3) is 16.5 Å². The van der Waals surface area contributed by atoms with E-state index in [1.54, 1.807) is 0 Å². The molecule has 0 atom stereocenters. The molecule has 0 amide bonds. The molecular formula is C18H16BrN3O2S. The average molecular weight is 418 g/mol. The predicted octanol–water partition coefficient (Wildman–Crippen LogP) is 4.55. The van der Waals surface area contributed by atoms with Gasteiger partial charge in [-0.25, -0.2) is 0 Å². The molecule has 128 valence electrons. The topological polar surface area (TPSA) is 68.0 Å². The van der Waals surface area contributed by atoms with Crippen LogP contribution in [0.1, 0.15) is 29.9 Å². The summed E-state index contributed by atoms with van der Waals surface area (Å²) in [6.45, 7) is 2.08. The van der Waals surface area contributed by atoms with E-state index < -0.39 is 5.97 Å². The Bertz CT molecular complexity index is 982. The van der Waals surface area contributed by atoms with E-state index in [9.17, 15) is 4.79 Å². The van der Waals surface area contributed by atoms with Crippen LogP contribution in [-0.2, 0) is 4.79 Å². The number of carbonyl (C=O) groups is 1. The third-order valence-electron chi connectivity index (χ3n) is 4.36. The van der Waals surface area contributed by atoms with Crippen LogP contribution >= 0.6 is 27.7 Å². The second-order valence-electron chi connectivity index (χ2n) is 6.27. The van der Waals surface area contributed by atoms with Gasteiger partial charge in [0.25, 0.3) is 0 Å². The molecule has 0 unspecified atom stereocenters. The largest absolute Gasteiger partial charge is 0.481 e. The van der Waals surface area contributed by atoms with Gasteiger partial charge in [-0.3, -0.25) is 9.36 Å². The van der Waals surface area contributed by atoms with E-state index in [4.69, 9.17) is 5.11 Å². The minimum absolute atomic E-state index is 0.0533. The second-order valence-corrected chi connectivity index (χ2v) is 7.92. The molecule has 1 aromatic heterocycles. The van der Waals surface area contributed by atoms with Crippen molar-refractivity contribution in [3.63, 3.8) is 0 Å². The van der Waals surface area contributed by atoms with Crippen molar-refractivity contribution in [2.75, 3.05) is 5.75 Å². The zero-order valence-corrected chi connectivity index (χ0v) is 16.0. The van der Waals surface area contributed by atoms with Gasteiger partial charge in [0.2, 0.25) is 4.73 Å². The van der Waals surface area contributed by atoms with Gasteiger partial charge in [0, 0.05) is 5.39 Å². The van der Waals surface area contributed by atoms with E-state index in [0.717, 1.165) is 11.1 Å². The third kappa shape index (κ3) is 3.18. The summed E-state index contributed by atoms with van der Waals surface area (Å²) in [4.78, 5) is 10.9. The number of fused-ring (bicyclic) bond motifs is 1. The molecule has 3 aromatic rings. The van der Waals surface area contributed by atoms with Crippen LogP contribution in [0.2, 0.25) is 0 Å². The van der Waals surface area contributed by atoms with Crippen molar-refractivity contribution in [3.8, 4) is 5.69 Å². The molecule has 5 nitrogen and oxygen atoms in total. The highest BCUT2D eigenvalue weighted by Gasteiger charge is 2.26. The molecule has 0 bridgehead atoms. The van der Waals surface area contributed by atoms with Crippen molar-refractivity contribution in [1.82, 2.24) is 14.8 Å². The Hall–Kier alpha value is -1.86. The molecule has 25 heavy (non-hydrogen) atoms. The van der Waals surface area contributed by atoms with Crippen LogP contribution in [0.4, 0.5) is 0 Å². The summed E-state index contributed by atoms with van der Waals surface area (Å²) in [6.07, 6.45) is 2.50. The van der Waals surface area contributed by atoms with Gasteiger partial charge < -0.3 is 5.11 Å². The predicted molar refractivity (Wildman–Crippen MR) is 102 cm³/mol. The molecule has 7 heteroatoms. The van der Waals surface area contributed by atoms with E-state index >= 15 is 0 Å². The summed E-state index contributed by atoms with van der Waals surface area (Å²) in [5.41, 5.74) is 3.54. The Kier molecular flexibility index (Phi) is 4.29. The molecule has 1 saturated carbocycles. The summed E-state index contributed by atoms with van der Waals surface area (Å²) in [6, 6.07) is 10.8. The first-order chi connectivity index (χ1) is 12.0. The molecule has 0 saturated heterocycles. The number of benzene rings is 2. The van der Waals surface area contributed by atoms with Crippen molar-refractivity contribution >= 4 is 44.4 Å². The van der Waals surface area contributed by atoms with Gasteiger partial charge in [-0.2, -0.15) is 0 Å². The fraction of sp³-hybridized carbons (Fsp3) is 0.278. The number of halogens is 1. The van der Waals surface area contributed by atoms with Gasteiger partial charge in [-0.15, -0.1) is 10.2 Å². The maximum absolute atomic E-state index is 10.9. The van der Waals surface area contributed by atoms with Crippen molar-refractivity contribution in [1.29, 1.82) is 0 Å². The highest BCUT2D eigenvalue weighted by Crippen LogP contribution is 2.44. The normalized spacial score (nSPS) is 14.2. The lowest BCUT2D eigenvalue weighted by atomic mass is 9.98. The number of carboxylic acids is 1. The molecule has 0 radical (unpaired) electrons. The van der Waals surface area contributed by atoms with Gasteiger partial charge in [0.1, 0.15) is 0 Å². The Morgan fingerprint density at radius 2 is 2.08 bits per heavy atom. The van der Waals surface area contributed by atoms with Crippen LogP contribution in [0.5, 0.6) is 0 Å². The molecule has 1 heterocycles. The van der Waals surface area contributed by atoms with E-state index in [1.165, 1.54) is 41.1 Å². The Labute approximate surface area is 157 Å². The Balaban J connectivity index is 1.90. The number of nitrogens with zero attached hydrogens (tertiary/aromatic N) is 3. The van der Waals surface area contributed by atoms with Crippen molar-refractivity contribution < 1.29 is 9.90 Å². The molecule has 0 spiro atoms. The molecule has 2 aromatic carbocycles. The summed E-state index contributed by atoms with van der Waals surface area (Å²) in [5, 5.41) is 20.1. The fourth-order valence-electron chi connectivity index (χ4n) is 3.09. The molecule has 1 aliphatic carbocycles. The number of hydrogen-bond donors (Lipinski definition) is 1. The van der Waals surface area contributed by atoms with Crippen LogP contribution in [0.3, 0.4) is 0 Å². The average Bonchev–Trinajstić information content (AvgIpc) is 3.35. The van der Waals surface area contributed by atoms with Gasteiger partial charge in [0.15, 0.2) is 5.16 Å². The number of rotatable bonds is 5. The lowest BCUT2D eigenvalue weighted by Crippen LogP contribution is -2.03. The van der Waals surface area contributed by atoms with Crippen LogP contribution in [0, 0.1) is 6.92 Å². The quantitative estimate of drug-likeness (QED) is 0.616. The van der Waals surface area contributed by atoms with Crippen molar-refractivity contribution in [2.45, 2.75) is 30.8 Å². The van der Waals surface area contributed by atoms with Gasteiger partial charge in [0.05, 0.1) is 11.4 Å². The summed E-state index contributed by atoms with van der Waals surface area (Å²) >= 11 is 4.62. The molecule has 1 aliphatic rings. The number of aryl methyl sites for hydroxylation is 1. The molecule has 4 rings (SSSR count). The summed E-state index contributed by atoms with van der Waals surface area (Å²) < 4.78 is 2.45. The standard InChI is InChI=1S/C18H16BrN3O2S/c1-10-2-5-13-12(11-3-4-11)6-7-15(14(13)8-10)22-17(19)20-21-18(22)25-9-16(23)24/h2,5-8,11H,3-4,9H2,1H3,(H,23,24). The fourth-order valence-corrected chi connectivity index (χ4v) is 4.31. The SMILES string of the molecule is Cc1ccc2c(C3CC3)ccc(-n3c(Br)nnc3SCC(=O)O)c2c1. The van der Waals surface area contributed by atoms with E-state index in [1.807, 2.05) is 4.57 Å².